The van der Waals surface area contributed by atoms with Crippen LogP contribution in [0, 0.1) is 0 Å². The molecule has 2 aromatic rings. The minimum atomic E-state index is -0.881. The summed E-state index contributed by atoms with van der Waals surface area (Å²) in [5.41, 5.74) is 10.9. The molecule has 0 saturated heterocycles. The average molecular weight is 315 g/mol. The van der Waals surface area contributed by atoms with Gasteiger partial charge in [-0.15, -0.1) is 0 Å². The zero-order valence-corrected chi connectivity index (χ0v) is 11.9. The van der Waals surface area contributed by atoms with E-state index >= 15 is 0 Å². The van der Waals surface area contributed by atoms with Gasteiger partial charge in [-0.2, -0.15) is 0 Å². The lowest BCUT2D eigenvalue weighted by Gasteiger charge is -2.09. The van der Waals surface area contributed by atoms with Crippen LogP contribution in [0.4, 0.5) is 11.5 Å². The molecular weight excluding hydrogens is 302 g/mol. The van der Waals surface area contributed by atoms with E-state index in [1.54, 1.807) is 12.1 Å². The fourth-order valence-electron chi connectivity index (χ4n) is 1.70. The maximum atomic E-state index is 11.8. The van der Waals surface area contributed by atoms with E-state index in [1.165, 1.54) is 24.5 Å². The number of hydrogen-bond acceptors (Lipinski definition) is 7. The number of anilines is 2. The largest absolute Gasteiger partial charge is 0.451 e. The second-order valence-corrected chi connectivity index (χ2v) is 4.32. The number of carbonyl (C=O) groups is 3. The Morgan fingerprint density at radius 3 is 2.52 bits per heavy atom. The number of rotatable bonds is 5. The molecule has 0 radical (unpaired) electrons. The summed E-state index contributed by atoms with van der Waals surface area (Å²) in [6.45, 7) is -0.581. The van der Waals surface area contributed by atoms with Gasteiger partial charge in [-0.05, 0) is 12.1 Å². The molecule has 0 bridgehead atoms. The van der Waals surface area contributed by atoms with Gasteiger partial charge >= 0.3 is 5.97 Å². The van der Waals surface area contributed by atoms with E-state index in [1.807, 2.05) is 0 Å². The highest BCUT2D eigenvalue weighted by Gasteiger charge is 2.16. The highest BCUT2D eigenvalue weighted by molar-refractivity contribution is 6.03. The first-order chi connectivity index (χ1) is 11.0. The molecule has 0 spiro atoms. The summed E-state index contributed by atoms with van der Waals surface area (Å²) >= 11 is 0. The molecule has 0 aliphatic heterocycles. The van der Waals surface area contributed by atoms with Crippen molar-refractivity contribution in [3.05, 3.63) is 47.9 Å². The first-order valence-corrected chi connectivity index (χ1v) is 6.41. The van der Waals surface area contributed by atoms with Crippen LogP contribution in [0.5, 0.6) is 0 Å². The van der Waals surface area contributed by atoms with Crippen molar-refractivity contribution < 1.29 is 19.1 Å². The predicted octanol–water partition coefficient (Wildman–Crippen LogP) is -0.0468. The molecule has 0 saturated carbocycles. The van der Waals surface area contributed by atoms with Crippen molar-refractivity contribution in [2.75, 3.05) is 17.7 Å². The summed E-state index contributed by atoms with van der Waals surface area (Å²) < 4.78 is 4.79. The summed E-state index contributed by atoms with van der Waals surface area (Å²) in [5.74, 6) is -2.31. The number of nitrogens with two attached hydrogens (primary N) is 2. The van der Waals surface area contributed by atoms with E-state index in [2.05, 4.69) is 15.3 Å². The molecule has 0 atom stereocenters. The van der Waals surface area contributed by atoms with E-state index in [0.717, 1.165) is 0 Å². The Labute approximate surface area is 130 Å². The molecule has 23 heavy (non-hydrogen) atoms. The molecular formula is C14H13N5O4. The van der Waals surface area contributed by atoms with Gasteiger partial charge in [-0.25, -0.2) is 14.8 Å². The van der Waals surface area contributed by atoms with Gasteiger partial charge in [0.15, 0.2) is 18.1 Å². The molecule has 2 rings (SSSR count). The third-order valence-electron chi connectivity index (χ3n) is 2.72. The van der Waals surface area contributed by atoms with Gasteiger partial charge in [0.2, 0.25) is 0 Å². The molecule has 0 aliphatic rings. The second kappa shape index (κ2) is 6.98. The first kappa shape index (κ1) is 15.9. The van der Waals surface area contributed by atoms with Gasteiger partial charge in [0.25, 0.3) is 11.8 Å². The molecule has 0 fully saturated rings. The summed E-state index contributed by atoms with van der Waals surface area (Å²) in [7, 11) is 0. The summed E-state index contributed by atoms with van der Waals surface area (Å²) in [6.07, 6.45) is 2.59. The van der Waals surface area contributed by atoms with Gasteiger partial charge in [0, 0.05) is 12.4 Å². The van der Waals surface area contributed by atoms with Gasteiger partial charge in [0.1, 0.15) is 0 Å². The number of aromatic nitrogens is 2. The third-order valence-corrected chi connectivity index (χ3v) is 2.72. The zero-order valence-electron chi connectivity index (χ0n) is 11.9. The van der Waals surface area contributed by atoms with Crippen molar-refractivity contribution in [2.45, 2.75) is 0 Å². The highest BCUT2D eigenvalue weighted by atomic mass is 16.5. The van der Waals surface area contributed by atoms with Crippen LogP contribution in [0.15, 0.2) is 36.7 Å². The Morgan fingerprint density at radius 2 is 1.83 bits per heavy atom. The number of amides is 2. The molecule has 9 nitrogen and oxygen atoms in total. The van der Waals surface area contributed by atoms with E-state index in [-0.39, 0.29) is 22.8 Å². The minimum Gasteiger partial charge on any atom is -0.451 e. The maximum absolute atomic E-state index is 11.8. The van der Waals surface area contributed by atoms with Crippen molar-refractivity contribution in [3.8, 4) is 0 Å². The zero-order chi connectivity index (χ0) is 16.8. The Morgan fingerprint density at radius 1 is 1.13 bits per heavy atom. The molecule has 1 heterocycles. The monoisotopic (exact) mass is 315 g/mol. The van der Waals surface area contributed by atoms with Crippen molar-refractivity contribution in [3.63, 3.8) is 0 Å². The van der Waals surface area contributed by atoms with Crippen LogP contribution in [-0.4, -0.2) is 34.4 Å². The van der Waals surface area contributed by atoms with Gasteiger partial charge < -0.3 is 21.5 Å². The number of para-hydroxylation sites is 1. The number of nitrogens with zero attached hydrogens (tertiary/aromatic N) is 2. The number of ether oxygens (including phenoxy) is 1. The van der Waals surface area contributed by atoms with Gasteiger partial charge in [-0.1, -0.05) is 12.1 Å². The Kier molecular flexibility index (Phi) is 4.82. The van der Waals surface area contributed by atoms with Crippen LogP contribution < -0.4 is 16.8 Å². The maximum Gasteiger partial charge on any atom is 0.361 e. The molecule has 1 aromatic heterocycles. The lowest BCUT2D eigenvalue weighted by molar-refractivity contribution is -0.119. The molecule has 2 amide bonds. The lowest BCUT2D eigenvalue weighted by Crippen LogP contribution is -2.24. The first-order valence-electron chi connectivity index (χ1n) is 6.41. The second-order valence-electron chi connectivity index (χ2n) is 4.32. The minimum absolute atomic E-state index is 0.100. The Bertz CT molecular complexity index is 762. The van der Waals surface area contributed by atoms with Crippen LogP contribution in [0.25, 0.3) is 0 Å². The number of esters is 1. The van der Waals surface area contributed by atoms with Crippen molar-refractivity contribution >= 4 is 29.3 Å². The van der Waals surface area contributed by atoms with E-state index in [4.69, 9.17) is 16.2 Å². The number of benzene rings is 1. The molecule has 118 valence electrons. The summed E-state index contributed by atoms with van der Waals surface area (Å²) in [4.78, 5) is 42.2. The topological polar surface area (TPSA) is 150 Å². The number of nitrogen functional groups attached to an aromatic ring is 1. The average Bonchev–Trinajstić information content (AvgIpc) is 2.53. The SMILES string of the molecule is NC(=O)c1ccccc1NC(=O)COC(=O)c1nccnc1N. The normalized spacial score (nSPS) is 9.91. The molecule has 1 aromatic carbocycles. The number of nitrogens with one attached hydrogen (secondary N) is 1. The molecule has 0 unspecified atom stereocenters. The Balaban J connectivity index is 1.97. The fourth-order valence-corrected chi connectivity index (χ4v) is 1.70. The van der Waals surface area contributed by atoms with Crippen molar-refractivity contribution in [2.24, 2.45) is 5.73 Å². The molecule has 5 N–H and O–H groups in total. The van der Waals surface area contributed by atoms with Crippen molar-refractivity contribution in [1.82, 2.24) is 9.97 Å². The Hall–Kier alpha value is -3.49. The van der Waals surface area contributed by atoms with Gasteiger partial charge in [0.05, 0.1) is 11.3 Å². The summed E-state index contributed by atoms with van der Waals surface area (Å²) in [6, 6.07) is 6.19. The molecule has 0 aliphatic carbocycles. The third kappa shape index (κ3) is 4.00. The smallest absolute Gasteiger partial charge is 0.361 e. The van der Waals surface area contributed by atoms with Crippen LogP contribution in [0.2, 0.25) is 0 Å². The fraction of sp³-hybridized carbons (Fsp3) is 0.0714. The highest BCUT2D eigenvalue weighted by Crippen LogP contribution is 2.14. The lowest BCUT2D eigenvalue weighted by atomic mass is 10.1. The van der Waals surface area contributed by atoms with E-state index in [9.17, 15) is 14.4 Å². The number of primary amides is 1. The number of carbonyl (C=O) groups excluding carboxylic acids is 3. The van der Waals surface area contributed by atoms with Gasteiger partial charge in [-0.3, -0.25) is 9.59 Å². The van der Waals surface area contributed by atoms with Crippen LogP contribution in [-0.2, 0) is 9.53 Å². The van der Waals surface area contributed by atoms with Crippen molar-refractivity contribution in [1.29, 1.82) is 0 Å². The van der Waals surface area contributed by atoms with Crippen LogP contribution in [0.1, 0.15) is 20.8 Å². The van der Waals surface area contributed by atoms with E-state index in [0.29, 0.717) is 0 Å². The standard InChI is InChI=1S/C14H13N5O4/c15-12-11(17-5-6-18-12)14(22)23-7-10(20)19-9-4-2-1-3-8(9)13(16)21/h1-6H,7H2,(H2,15,18)(H2,16,21)(H,19,20). The van der Waals surface area contributed by atoms with E-state index < -0.39 is 24.4 Å². The number of hydrogen-bond donors (Lipinski definition) is 3. The predicted molar refractivity (Wildman–Crippen MR) is 80.3 cm³/mol. The van der Waals surface area contributed by atoms with Crippen LogP contribution >= 0.6 is 0 Å². The summed E-state index contributed by atoms with van der Waals surface area (Å²) in [5, 5.41) is 2.43. The quantitative estimate of drug-likeness (QED) is 0.654. The van der Waals surface area contributed by atoms with Crippen LogP contribution in [0.3, 0.4) is 0 Å². The molecule has 9 heteroatoms.